The van der Waals surface area contributed by atoms with E-state index in [4.69, 9.17) is 16.3 Å². The van der Waals surface area contributed by atoms with Crippen LogP contribution in [0.5, 0.6) is 0 Å². The zero-order chi connectivity index (χ0) is 14.0. The van der Waals surface area contributed by atoms with Crippen LogP contribution in [-0.4, -0.2) is 16.8 Å². The highest BCUT2D eigenvalue weighted by molar-refractivity contribution is 6.33. The van der Waals surface area contributed by atoms with Crippen LogP contribution < -0.4 is 5.32 Å². The smallest absolute Gasteiger partial charge is 0.116 e. The molecule has 1 aromatic heterocycles. The molecule has 2 atom stereocenters. The van der Waals surface area contributed by atoms with E-state index in [1.807, 2.05) is 12.1 Å². The molecular weight excluding hydrogens is 284 g/mol. The Hall–Kier alpha value is -1.97. The van der Waals surface area contributed by atoms with Gasteiger partial charge in [0.2, 0.25) is 0 Å². The minimum Gasteiger partial charge on any atom is -0.365 e. The van der Waals surface area contributed by atoms with Gasteiger partial charge >= 0.3 is 0 Å². The van der Waals surface area contributed by atoms with Crippen molar-refractivity contribution in [1.82, 2.24) is 4.57 Å². The normalized spacial score (nSPS) is 31.1. The van der Waals surface area contributed by atoms with Crippen molar-refractivity contribution in [1.29, 1.82) is 0 Å². The van der Waals surface area contributed by atoms with Gasteiger partial charge in [0, 0.05) is 6.20 Å². The largest absolute Gasteiger partial charge is 0.365 e. The number of hydrogen-bond acceptors (Lipinski definition) is 2. The number of fused-ring (bicyclic) bond motifs is 5. The maximum atomic E-state index is 6.41. The minimum atomic E-state index is -0.363. The molecule has 0 saturated carbocycles. The fourth-order valence-electron chi connectivity index (χ4n) is 3.28. The molecular formula is C17H13ClN2O. The van der Waals surface area contributed by atoms with Crippen LogP contribution in [0.25, 0.3) is 5.69 Å². The number of anilines is 1. The van der Waals surface area contributed by atoms with Gasteiger partial charge in [0.15, 0.2) is 0 Å². The average Bonchev–Trinajstić information content (AvgIpc) is 3.09. The number of nitrogens with zero attached hydrogens (tertiary/aromatic N) is 1. The van der Waals surface area contributed by atoms with Gasteiger partial charge in [-0.2, -0.15) is 0 Å². The van der Waals surface area contributed by atoms with Crippen molar-refractivity contribution in [3.05, 3.63) is 71.5 Å². The Morgan fingerprint density at radius 1 is 1.10 bits per heavy atom. The lowest BCUT2D eigenvalue weighted by atomic mass is 9.91. The molecule has 1 N–H and O–H groups in total. The predicted octanol–water partition coefficient (Wildman–Crippen LogP) is 3.64. The molecule has 5 rings (SSSR count). The number of benzene rings is 1. The SMILES string of the molecule is Clc1cccc2c1NC1(C=CC3OC3C=C1)c1cccn1-2. The van der Waals surface area contributed by atoms with E-state index in [2.05, 4.69) is 58.6 Å². The first-order valence-corrected chi connectivity index (χ1v) is 7.44. The van der Waals surface area contributed by atoms with Gasteiger partial charge in [0.25, 0.3) is 0 Å². The summed E-state index contributed by atoms with van der Waals surface area (Å²) in [6.07, 6.45) is 11.2. The second-order valence-corrected chi connectivity index (χ2v) is 6.08. The van der Waals surface area contributed by atoms with E-state index >= 15 is 0 Å². The molecule has 1 fully saturated rings. The van der Waals surface area contributed by atoms with Crippen molar-refractivity contribution in [2.75, 3.05) is 5.32 Å². The van der Waals surface area contributed by atoms with Gasteiger partial charge in [-0.05, 0) is 24.3 Å². The molecule has 1 aromatic carbocycles. The number of rotatable bonds is 0. The fourth-order valence-corrected chi connectivity index (χ4v) is 3.50. The van der Waals surface area contributed by atoms with Gasteiger partial charge < -0.3 is 14.6 Å². The predicted molar refractivity (Wildman–Crippen MR) is 83.0 cm³/mol. The summed E-state index contributed by atoms with van der Waals surface area (Å²) >= 11 is 6.41. The zero-order valence-electron chi connectivity index (χ0n) is 11.2. The van der Waals surface area contributed by atoms with E-state index in [-0.39, 0.29) is 17.7 Å². The quantitative estimate of drug-likeness (QED) is 0.594. The van der Waals surface area contributed by atoms with E-state index in [0.717, 1.165) is 16.4 Å². The Balaban J connectivity index is 1.77. The molecule has 2 unspecified atom stereocenters. The summed E-state index contributed by atoms with van der Waals surface area (Å²) in [5.74, 6) is 0. The van der Waals surface area contributed by atoms with Gasteiger partial charge in [-0.15, -0.1) is 0 Å². The molecule has 3 heterocycles. The summed E-state index contributed by atoms with van der Waals surface area (Å²) in [6.45, 7) is 0. The van der Waals surface area contributed by atoms with E-state index < -0.39 is 0 Å². The Labute approximate surface area is 127 Å². The van der Waals surface area contributed by atoms with E-state index in [1.165, 1.54) is 5.69 Å². The molecule has 21 heavy (non-hydrogen) atoms. The van der Waals surface area contributed by atoms with E-state index in [0.29, 0.717) is 0 Å². The van der Waals surface area contributed by atoms with Crippen molar-refractivity contribution in [3.63, 3.8) is 0 Å². The van der Waals surface area contributed by atoms with Crippen molar-refractivity contribution in [3.8, 4) is 5.69 Å². The average molecular weight is 297 g/mol. The van der Waals surface area contributed by atoms with Crippen LogP contribution in [0.2, 0.25) is 5.02 Å². The van der Waals surface area contributed by atoms with Crippen molar-refractivity contribution < 1.29 is 4.74 Å². The highest BCUT2D eigenvalue weighted by atomic mass is 35.5. The van der Waals surface area contributed by atoms with Gasteiger partial charge in [-0.25, -0.2) is 0 Å². The van der Waals surface area contributed by atoms with E-state index in [1.54, 1.807) is 0 Å². The van der Waals surface area contributed by atoms with Gasteiger partial charge in [-0.1, -0.05) is 42.0 Å². The van der Waals surface area contributed by atoms with Gasteiger partial charge in [-0.3, -0.25) is 0 Å². The number of para-hydroxylation sites is 1. The molecule has 1 spiro atoms. The highest BCUT2D eigenvalue weighted by Crippen LogP contribution is 2.44. The molecule has 1 saturated heterocycles. The molecule has 1 aliphatic carbocycles. The molecule has 4 heteroatoms. The summed E-state index contributed by atoms with van der Waals surface area (Å²) < 4.78 is 7.72. The molecule has 104 valence electrons. The topological polar surface area (TPSA) is 29.5 Å². The number of ether oxygens (including phenoxy) is 1. The molecule has 3 aliphatic rings. The summed E-state index contributed by atoms with van der Waals surface area (Å²) in [5.41, 5.74) is 2.87. The van der Waals surface area contributed by atoms with Crippen LogP contribution in [0.1, 0.15) is 5.69 Å². The third-order valence-electron chi connectivity index (χ3n) is 4.41. The first-order chi connectivity index (χ1) is 10.3. The first kappa shape index (κ1) is 11.7. The van der Waals surface area contributed by atoms with Crippen LogP contribution >= 0.6 is 11.6 Å². The zero-order valence-corrected chi connectivity index (χ0v) is 11.9. The van der Waals surface area contributed by atoms with E-state index in [9.17, 15) is 0 Å². The second kappa shape index (κ2) is 3.81. The standard InChI is InChI=1S/C17H13ClN2O/c18-11-3-1-4-12-16(11)19-17(15-5-2-10-20(12)15)8-6-13-14(21-13)7-9-17/h1-10,13-14,19H. The van der Waals surface area contributed by atoms with Crippen LogP contribution in [0.3, 0.4) is 0 Å². The van der Waals surface area contributed by atoms with Crippen molar-refractivity contribution >= 4 is 17.3 Å². The third kappa shape index (κ3) is 1.53. The fraction of sp³-hybridized carbons (Fsp3) is 0.176. The minimum absolute atomic E-state index is 0.221. The maximum Gasteiger partial charge on any atom is 0.116 e. The van der Waals surface area contributed by atoms with Crippen molar-refractivity contribution in [2.24, 2.45) is 0 Å². The molecule has 0 amide bonds. The molecule has 3 nitrogen and oxygen atoms in total. The molecule has 2 aromatic rings. The lowest BCUT2D eigenvalue weighted by molar-refractivity contribution is 0.410. The number of hydrogen-bond donors (Lipinski definition) is 1. The Morgan fingerprint density at radius 3 is 2.71 bits per heavy atom. The molecule has 0 bridgehead atoms. The monoisotopic (exact) mass is 296 g/mol. The summed E-state index contributed by atoms with van der Waals surface area (Å²) in [7, 11) is 0. The lowest BCUT2D eigenvalue weighted by Gasteiger charge is -2.37. The Bertz CT molecular complexity index is 787. The Kier molecular flexibility index (Phi) is 2.12. The molecule has 0 radical (unpaired) electrons. The number of aromatic nitrogens is 1. The summed E-state index contributed by atoms with van der Waals surface area (Å²) in [5, 5.41) is 4.36. The summed E-state index contributed by atoms with van der Waals surface area (Å²) in [6, 6.07) is 10.2. The highest BCUT2D eigenvalue weighted by Gasteiger charge is 2.42. The van der Waals surface area contributed by atoms with Gasteiger partial charge in [0.1, 0.15) is 17.7 Å². The van der Waals surface area contributed by atoms with Crippen LogP contribution in [-0.2, 0) is 10.3 Å². The lowest BCUT2D eigenvalue weighted by Crippen LogP contribution is -2.37. The Morgan fingerprint density at radius 2 is 1.90 bits per heavy atom. The van der Waals surface area contributed by atoms with Crippen LogP contribution in [0.15, 0.2) is 60.8 Å². The number of nitrogens with one attached hydrogen (secondary N) is 1. The van der Waals surface area contributed by atoms with Crippen LogP contribution in [0.4, 0.5) is 5.69 Å². The second-order valence-electron chi connectivity index (χ2n) is 5.67. The molecule has 2 aliphatic heterocycles. The van der Waals surface area contributed by atoms with Crippen molar-refractivity contribution in [2.45, 2.75) is 17.7 Å². The van der Waals surface area contributed by atoms with Crippen LogP contribution in [0, 0.1) is 0 Å². The number of epoxide rings is 1. The summed E-state index contributed by atoms with van der Waals surface area (Å²) in [4.78, 5) is 0. The first-order valence-electron chi connectivity index (χ1n) is 7.06. The third-order valence-corrected chi connectivity index (χ3v) is 4.73. The van der Waals surface area contributed by atoms with Gasteiger partial charge in [0.05, 0.1) is 22.1 Å². The maximum absolute atomic E-state index is 6.41. The number of halogens is 1.